The number of rotatable bonds is 3. The molecule has 0 saturated heterocycles. The Kier molecular flexibility index (Phi) is 4.23. The second-order valence-corrected chi connectivity index (χ2v) is 3.28. The van der Waals surface area contributed by atoms with Crippen molar-refractivity contribution in [3.8, 4) is 5.75 Å². The number of carbonyl (C=O) groups is 1. The second-order valence-electron chi connectivity index (χ2n) is 3.01. The summed E-state index contributed by atoms with van der Waals surface area (Å²) in [6.45, 7) is 0. The molecule has 9 heteroatoms. The van der Waals surface area contributed by atoms with E-state index in [1.807, 2.05) is 0 Å². The van der Waals surface area contributed by atoms with Crippen LogP contribution in [0.2, 0.25) is 0 Å². The third-order valence-electron chi connectivity index (χ3n) is 1.87. The molecule has 1 rings (SSSR count). The number of nitrogens with one attached hydrogen (secondary N) is 1. The average molecular weight is 286 g/mol. The van der Waals surface area contributed by atoms with E-state index in [-0.39, 0.29) is 5.69 Å². The predicted molar refractivity (Wildman–Crippen MR) is 54.6 cm³/mol. The van der Waals surface area contributed by atoms with Gasteiger partial charge in [-0.1, -0.05) is 0 Å². The van der Waals surface area contributed by atoms with Crippen LogP contribution >= 0.6 is 11.6 Å². The highest BCUT2D eigenvalue weighted by molar-refractivity contribution is 6.17. The van der Waals surface area contributed by atoms with E-state index in [1.165, 1.54) is 0 Å². The number of halogens is 4. The largest absolute Gasteiger partial charge is 0.573 e. The molecule has 1 heterocycles. The van der Waals surface area contributed by atoms with E-state index in [0.29, 0.717) is 0 Å². The van der Waals surface area contributed by atoms with Gasteiger partial charge in [0.15, 0.2) is 5.75 Å². The first-order valence-corrected chi connectivity index (χ1v) is 4.98. The Bertz CT molecular complexity index is 512. The Labute approximate surface area is 103 Å². The van der Waals surface area contributed by atoms with Crippen LogP contribution in [0.15, 0.2) is 11.0 Å². The van der Waals surface area contributed by atoms with Crippen molar-refractivity contribution >= 4 is 17.6 Å². The van der Waals surface area contributed by atoms with Crippen molar-refractivity contribution < 1.29 is 27.4 Å². The van der Waals surface area contributed by atoms with Crippen LogP contribution in [-0.4, -0.2) is 24.4 Å². The third-order valence-corrected chi connectivity index (χ3v) is 2.14. The summed E-state index contributed by atoms with van der Waals surface area (Å²) in [5.41, 5.74) is -2.13. The lowest BCUT2D eigenvalue weighted by atomic mass is 10.2. The number of H-pyrrole nitrogens is 1. The van der Waals surface area contributed by atoms with Crippen LogP contribution in [-0.2, 0) is 10.6 Å². The number of carbonyl (C=O) groups excluding carboxylic acids is 1. The first kappa shape index (κ1) is 14.4. The van der Waals surface area contributed by atoms with Crippen LogP contribution in [0.4, 0.5) is 13.2 Å². The maximum atomic E-state index is 12.1. The number of aromatic amines is 1. The average Bonchev–Trinajstić information content (AvgIpc) is 2.29. The minimum absolute atomic E-state index is 0.286. The van der Waals surface area contributed by atoms with E-state index in [0.717, 1.165) is 13.3 Å². The molecule has 0 aliphatic rings. The third kappa shape index (κ3) is 3.16. The molecule has 1 aromatic rings. The van der Waals surface area contributed by atoms with E-state index >= 15 is 0 Å². The van der Waals surface area contributed by atoms with Gasteiger partial charge in [-0.3, -0.25) is 4.79 Å². The molecule has 0 aliphatic heterocycles. The van der Waals surface area contributed by atoms with Crippen molar-refractivity contribution in [2.24, 2.45) is 0 Å². The maximum Gasteiger partial charge on any atom is 0.573 e. The van der Waals surface area contributed by atoms with Gasteiger partial charge in [-0.05, 0) is 0 Å². The minimum Gasteiger partial charge on any atom is -0.465 e. The van der Waals surface area contributed by atoms with Gasteiger partial charge in [-0.15, -0.1) is 24.8 Å². The summed E-state index contributed by atoms with van der Waals surface area (Å²) in [4.78, 5) is 25.0. The SMILES string of the molecule is COC(=O)c1c[nH]c(CCl)c(OC(F)(F)F)c1=O. The summed E-state index contributed by atoms with van der Waals surface area (Å²) < 4.78 is 44.2. The molecule has 18 heavy (non-hydrogen) atoms. The van der Waals surface area contributed by atoms with Crippen molar-refractivity contribution in [3.63, 3.8) is 0 Å². The van der Waals surface area contributed by atoms with Gasteiger partial charge in [0.25, 0.3) is 0 Å². The Morgan fingerprint density at radius 2 is 2.11 bits per heavy atom. The maximum absolute atomic E-state index is 12.1. The van der Waals surface area contributed by atoms with Gasteiger partial charge in [0.05, 0.1) is 18.7 Å². The lowest BCUT2D eigenvalue weighted by Crippen LogP contribution is -2.26. The van der Waals surface area contributed by atoms with E-state index in [4.69, 9.17) is 11.6 Å². The van der Waals surface area contributed by atoms with Gasteiger partial charge < -0.3 is 14.5 Å². The topological polar surface area (TPSA) is 68.4 Å². The molecular weight excluding hydrogens is 279 g/mol. The zero-order valence-electron chi connectivity index (χ0n) is 8.93. The number of methoxy groups -OCH3 is 1. The van der Waals surface area contributed by atoms with Crippen molar-refractivity contribution in [1.82, 2.24) is 4.98 Å². The van der Waals surface area contributed by atoms with E-state index in [9.17, 15) is 22.8 Å². The molecule has 1 aromatic heterocycles. The molecule has 0 fully saturated rings. The van der Waals surface area contributed by atoms with Crippen LogP contribution in [0, 0.1) is 0 Å². The highest BCUT2D eigenvalue weighted by Gasteiger charge is 2.34. The van der Waals surface area contributed by atoms with E-state index in [2.05, 4.69) is 14.5 Å². The molecule has 0 aliphatic carbocycles. The van der Waals surface area contributed by atoms with Gasteiger partial charge in [0, 0.05) is 6.20 Å². The van der Waals surface area contributed by atoms with Crippen molar-refractivity contribution in [2.75, 3.05) is 7.11 Å². The number of hydrogen-bond acceptors (Lipinski definition) is 4. The summed E-state index contributed by atoms with van der Waals surface area (Å²) in [5.74, 6) is -2.56. The van der Waals surface area contributed by atoms with Crippen molar-refractivity contribution in [2.45, 2.75) is 12.2 Å². The molecular formula is C9H7ClF3NO4. The molecule has 0 aromatic carbocycles. The van der Waals surface area contributed by atoms with Crippen molar-refractivity contribution in [1.29, 1.82) is 0 Å². The molecule has 0 atom stereocenters. The van der Waals surface area contributed by atoms with Gasteiger partial charge in [-0.2, -0.15) is 0 Å². The fraction of sp³-hybridized carbons (Fsp3) is 0.333. The molecule has 1 N–H and O–H groups in total. The fourth-order valence-electron chi connectivity index (χ4n) is 1.13. The normalized spacial score (nSPS) is 11.2. The molecule has 100 valence electrons. The van der Waals surface area contributed by atoms with Gasteiger partial charge >= 0.3 is 12.3 Å². The molecule has 0 unspecified atom stereocenters. The van der Waals surface area contributed by atoms with Gasteiger partial charge in [0.1, 0.15) is 5.56 Å². The zero-order valence-corrected chi connectivity index (χ0v) is 9.69. The van der Waals surface area contributed by atoms with Crippen LogP contribution < -0.4 is 10.2 Å². The van der Waals surface area contributed by atoms with E-state index in [1.54, 1.807) is 0 Å². The number of ether oxygens (including phenoxy) is 2. The Morgan fingerprint density at radius 1 is 1.50 bits per heavy atom. The number of aromatic nitrogens is 1. The highest BCUT2D eigenvalue weighted by Crippen LogP contribution is 2.23. The predicted octanol–water partition coefficient (Wildman–Crippen LogP) is 1.80. The second kappa shape index (κ2) is 5.30. The molecule has 0 bridgehead atoms. The summed E-state index contributed by atoms with van der Waals surface area (Å²) in [6.07, 6.45) is -4.16. The summed E-state index contributed by atoms with van der Waals surface area (Å²) in [7, 11) is 0.988. The standard InChI is InChI=1S/C9H7ClF3NO4/c1-17-8(16)4-3-14-5(2-10)7(6(4)15)18-9(11,12)13/h3H,2H2,1H3,(H,14,15). The molecule has 0 spiro atoms. The Hall–Kier alpha value is -1.70. The molecule has 0 saturated carbocycles. The quantitative estimate of drug-likeness (QED) is 0.679. The van der Waals surface area contributed by atoms with Gasteiger partial charge in [0.2, 0.25) is 5.43 Å². The van der Waals surface area contributed by atoms with E-state index < -0.39 is 35.0 Å². The van der Waals surface area contributed by atoms with Crippen LogP contribution in [0.3, 0.4) is 0 Å². The Morgan fingerprint density at radius 3 is 2.56 bits per heavy atom. The summed E-state index contributed by atoms with van der Waals surface area (Å²) >= 11 is 5.37. The monoisotopic (exact) mass is 285 g/mol. The van der Waals surface area contributed by atoms with Gasteiger partial charge in [-0.25, -0.2) is 4.79 Å². The number of esters is 1. The number of pyridine rings is 1. The summed E-state index contributed by atoms with van der Waals surface area (Å²) in [5, 5.41) is 0. The lowest BCUT2D eigenvalue weighted by molar-refractivity contribution is -0.275. The zero-order chi connectivity index (χ0) is 13.9. The fourth-order valence-corrected chi connectivity index (χ4v) is 1.33. The molecule has 5 nitrogen and oxygen atoms in total. The molecule has 0 amide bonds. The van der Waals surface area contributed by atoms with Crippen molar-refractivity contribution in [3.05, 3.63) is 27.7 Å². The van der Waals surface area contributed by atoms with Crippen LogP contribution in [0.5, 0.6) is 5.75 Å². The molecule has 0 radical (unpaired) electrons. The Balaban J connectivity index is 3.36. The van der Waals surface area contributed by atoms with Crippen LogP contribution in [0.25, 0.3) is 0 Å². The minimum atomic E-state index is -5.07. The smallest absolute Gasteiger partial charge is 0.465 e. The first-order valence-electron chi connectivity index (χ1n) is 4.44. The number of alkyl halides is 4. The van der Waals surface area contributed by atoms with Crippen LogP contribution in [0.1, 0.15) is 16.1 Å². The first-order chi connectivity index (χ1) is 8.30. The number of hydrogen-bond donors (Lipinski definition) is 1. The highest BCUT2D eigenvalue weighted by atomic mass is 35.5. The summed E-state index contributed by atoms with van der Waals surface area (Å²) in [6, 6.07) is 0. The lowest BCUT2D eigenvalue weighted by Gasteiger charge is -2.12.